The summed E-state index contributed by atoms with van der Waals surface area (Å²) in [5, 5.41) is 20.9. The topological polar surface area (TPSA) is 180 Å². The lowest BCUT2D eigenvalue weighted by atomic mass is 10.0. The second-order valence-corrected chi connectivity index (χ2v) is 10.5. The molecule has 0 bridgehead atoms. The first kappa shape index (κ1) is 34.0. The highest BCUT2D eigenvalue weighted by Gasteiger charge is 2.37. The molecule has 232 valence electrons. The van der Waals surface area contributed by atoms with E-state index in [2.05, 4.69) is 21.3 Å². The van der Waals surface area contributed by atoms with Gasteiger partial charge in [-0.3, -0.25) is 24.0 Å². The number of amides is 7. The molecular weight excluding hydrogens is 546 g/mol. The summed E-state index contributed by atoms with van der Waals surface area (Å²) >= 11 is 0. The van der Waals surface area contributed by atoms with Crippen LogP contribution < -0.4 is 21.3 Å². The van der Waals surface area contributed by atoms with E-state index in [0.717, 1.165) is 0 Å². The molecule has 4 atom stereocenters. The van der Waals surface area contributed by atoms with E-state index in [4.69, 9.17) is 0 Å². The van der Waals surface area contributed by atoms with Crippen molar-refractivity contribution in [2.24, 2.45) is 0 Å². The van der Waals surface area contributed by atoms with Gasteiger partial charge in [0, 0.05) is 34.7 Å². The maximum Gasteiger partial charge on any atom is 0.317 e. The first-order valence-corrected chi connectivity index (χ1v) is 13.9. The molecule has 1 aliphatic heterocycles. The van der Waals surface area contributed by atoms with Gasteiger partial charge in [-0.1, -0.05) is 43.7 Å². The molecule has 5 N–H and O–H groups in total. The Hall–Kier alpha value is -4.20. The van der Waals surface area contributed by atoms with Crippen LogP contribution in [0, 0.1) is 0 Å². The number of nitrogens with one attached hydrogen (secondary N) is 4. The van der Waals surface area contributed by atoms with Gasteiger partial charge in [0.15, 0.2) is 6.10 Å². The van der Waals surface area contributed by atoms with Crippen LogP contribution >= 0.6 is 0 Å². The zero-order valence-corrected chi connectivity index (χ0v) is 24.9. The number of rotatable bonds is 13. The zero-order valence-electron chi connectivity index (χ0n) is 24.9. The van der Waals surface area contributed by atoms with E-state index in [1.54, 1.807) is 58.5 Å². The lowest BCUT2D eigenvalue weighted by Crippen LogP contribution is -2.56. The maximum absolute atomic E-state index is 13.1. The number of hydrogen-bond acceptors (Lipinski definition) is 7. The van der Waals surface area contributed by atoms with Crippen molar-refractivity contribution in [1.29, 1.82) is 0 Å². The predicted octanol–water partition coefficient (Wildman–Crippen LogP) is -1.04. The molecule has 1 fully saturated rings. The van der Waals surface area contributed by atoms with Gasteiger partial charge in [-0.05, 0) is 24.8 Å². The minimum atomic E-state index is -1.67. The largest absolute Gasteiger partial charge is 0.381 e. The van der Waals surface area contributed by atoms with Crippen molar-refractivity contribution < 1.29 is 33.9 Å². The normalized spacial score (nSPS) is 16.4. The second kappa shape index (κ2) is 16.3. The van der Waals surface area contributed by atoms with Crippen LogP contribution in [-0.4, -0.2) is 121 Å². The fourth-order valence-electron chi connectivity index (χ4n) is 4.51. The van der Waals surface area contributed by atoms with Crippen molar-refractivity contribution in [1.82, 2.24) is 36.0 Å². The van der Waals surface area contributed by atoms with Crippen LogP contribution in [-0.2, 0) is 24.0 Å². The highest BCUT2D eigenvalue weighted by molar-refractivity contribution is 5.93. The predicted molar refractivity (Wildman–Crippen MR) is 154 cm³/mol. The van der Waals surface area contributed by atoms with Crippen molar-refractivity contribution in [3.05, 3.63) is 35.9 Å². The quantitative estimate of drug-likeness (QED) is 0.195. The minimum Gasteiger partial charge on any atom is -0.381 e. The fourth-order valence-corrected chi connectivity index (χ4v) is 4.51. The van der Waals surface area contributed by atoms with Crippen LogP contribution in [0.1, 0.15) is 44.2 Å². The van der Waals surface area contributed by atoms with Crippen LogP contribution in [0.3, 0.4) is 0 Å². The fraction of sp³-hybridized carbons (Fsp3) is 0.571. The average molecular weight is 590 g/mol. The molecule has 7 amide bonds. The summed E-state index contributed by atoms with van der Waals surface area (Å²) in [5.41, 5.74) is 0.571. The number of aliphatic hydroxyl groups excluding tert-OH is 1. The summed E-state index contributed by atoms with van der Waals surface area (Å²) in [4.78, 5) is 79.6. The van der Waals surface area contributed by atoms with Gasteiger partial charge in [-0.25, -0.2) is 4.79 Å². The minimum absolute atomic E-state index is 0.263. The Morgan fingerprint density at radius 2 is 1.62 bits per heavy atom. The van der Waals surface area contributed by atoms with Crippen molar-refractivity contribution in [2.45, 2.75) is 56.8 Å². The summed E-state index contributed by atoms with van der Waals surface area (Å²) in [6, 6.07) is 5.48. The Labute approximate surface area is 246 Å². The lowest BCUT2D eigenvalue weighted by molar-refractivity contribution is -0.139. The summed E-state index contributed by atoms with van der Waals surface area (Å²) < 4.78 is 0. The molecule has 2 rings (SSSR count). The third kappa shape index (κ3) is 9.72. The number of carbonyl (C=O) groups is 6. The standard InChI is InChI=1S/C28H43N7O7/c1-6-11-19(31-25(39)20-14-10-15-35(20)22(37)17-30-28(42)34(4)5)24(38)26(40)29-16-21(36)32-23(27(41)33(2)3)18-12-8-7-9-13-18/h7-9,12-13,19-20,23-24,38H,6,10-11,14-17H2,1-5H3,(H,29,40)(H,30,42)(H,31,39)(H,32,36). The molecule has 0 aliphatic carbocycles. The first-order valence-electron chi connectivity index (χ1n) is 13.9. The Kier molecular flexibility index (Phi) is 13.2. The van der Waals surface area contributed by atoms with E-state index in [-0.39, 0.29) is 18.9 Å². The summed E-state index contributed by atoms with van der Waals surface area (Å²) in [6.07, 6.45) is 0.113. The molecule has 0 radical (unpaired) electrons. The zero-order chi connectivity index (χ0) is 31.4. The number of likely N-dealkylation sites (N-methyl/N-ethyl adjacent to an activating group) is 1. The van der Waals surface area contributed by atoms with Gasteiger partial charge in [0.25, 0.3) is 5.91 Å². The van der Waals surface area contributed by atoms with Crippen LogP contribution in [0.5, 0.6) is 0 Å². The first-order chi connectivity index (χ1) is 19.9. The number of hydrogen-bond donors (Lipinski definition) is 5. The molecule has 1 aromatic rings. The summed E-state index contributed by atoms with van der Waals surface area (Å²) in [6.45, 7) is 1.39. The van der Waals surface area contributed by atoms with Gasteiger partial charge >= 0.3 is 6.03 Å². The highest BCUT2D eigenvalue weighted by Crippen LogP contribution is 2.18. The summed E-state index contributed by atoms with van der Waals surface area (Å²) in [5.74, 6) is -2.80. The van der Waals surface area contributed by atoms with Crippen molar-refractivity contribution in [3.63, 3.8) is 0 Å². The second-order valence-electron chi connectivity index (χ2n) is 10.5. The van der Waals surface area contributed by atoms with Crippen LogP contribution in [0.25, 0.3) is 0 Å². The third-order valence-electron chi connectivity index (χ3n) is 6.80. The Morgan fingerprint density at radius 3 is 2.21 bits per heavy atom. The van der Waals surface area contributed by atoms with Crippen LogP contribution in [0.15, 0.2) is 30.3 Å². The van der Waals surface area contributed by atoms with Crippen molar-refractivity contribution >= 4 is 35.6 Å². The van der Waals surface area contributed by atoms with Gasteiger partial charge in [0.1, 0.15) is 12.1 Å². The van der Waals surface area contributed by atoms with Crippen molar-refractivity contribution in [3.8, 4) is 0 Å². The SMILES string of the molecule is CCCC(NC(=O)C1CCCN1C(=O)CNC(=O)N(C)C)C(O)C(=O)NCC(=O)NC(C(=O)N(C)C)c1ccccc1. The maximum atomic E-state index is 13.1. The van der Waals surface area contributed by atoms with Gasteiger partial charge in [0.2, 0.25) is 23.6 Å². The number of benzene rings is 1. The monoisotopic (exact) mass is 589 g/mol. The molecule has 1 aliphatic rings. The molecule has 14 nitrogen and oxygen atoms in total. The molecule has 42 heavy (non-hydrogen) atoms. The van der Waals surface area contributed by atoms with E-state index in [1.165, 1.54) is 14.7 Å². The number of nitrogens with zero attached hydrogens (tertiary/aromatic N) is 3. The molecule has 0 saturated carbocycles. The Bertz CT molecular complexity index is 1110. The third-order valence-corrected chi connectivity index (χ3v) is 6.80. The summed E-state index contributed by atoms with van der Waals surface area (Å²) in [7, 11) is 6.21. The molecule has 1 heterocycles. The Balaban J connectivity index is 1.97. The number of carbonyl (C=O) groups excluding carboxylic acids is 6. The van der Waals surface area contributed by atoms with E-state index < -0.39 is 60.4 Å². The van der Waals surface area contributed by atoms with E-state index >= 15 is 0 Å². The highest BCUT2D eigenvalue weighted by atomic mass is 16.3. The Morgan fingerprint density at radius 1 is 0.952 bits per heavy atom. The molecule has 14 heteroatoms. The average Bonchev–Trinajstić information content (AvgIpc) is 3.47. The molecule has 0 aromatic heterocycles. The number of aliphatic hydroxyl groups is 1. The van der Waals surface area contributed by atoms with Crippen molar-refractivity contribution in [2.75, 3.05) is 47.8 Å². The number of urea groups is 1. The smallest absolute Gasteiger partial charge is 0.317 e. The molecule has 4 unspecified atom stereocenters. The number of likely N-dealkylation sites (tertiary alicyclic amines) is 1. The van der Waals surface area contributed by atoms with Gasteiger partial charge in [-0.15, -0.1) is 0 Å². The molecule has 1 saturated heterocycles. The molecular formula is C28H43N7O7. The van der Waals surface area contributed by atoms with Crippen LogP contribution in [0.2, 0.25) is 0 Å². The van der Waals surface area contributed by atoms with Crippen LogP contribution in [0.4, 0.5) is 4.79 Å². The van der Waals surface area contributed by atoms with Gasteiger partial charge in [-0.2, -0.15) is 0 Å². The van der Waals surface area contributed by atoms with Gasteiger partial charge < -0.3 is 41.1 Å². The van der Waals surface area contributed by atoms with E-state index in [1.807, 2.05) is 6.92 Å². The van der Waals surface area contributed by atoms with E-state index in [0.29, 0.717) is 31.4 Å². The molecule has 1 aromatic carbocycles. The van der Waals surface area contributed by atoms with Gasteiger partial charge in [0.05, 0.1) is 19.1 Å². The lowest BCUT2D eigenvalue weighted by Gasteiger charge is -2.28. The van der Waals surface area contributed by atoms with E-state index in [9.17, 15) is 33.9 Å². The molecule has 0 spiro atoms.